The summed E-state index contributed by atoms with van der Waals surface area (Å²) < 4.78 is 5.81. The standard InChI is InChI=1S/C31H42BN2OS/c1-11-16-19-25(15-5)29(34-28(18-12-2)24(13-3)14-4)33-23(6)26-20-17-21-27(22-26)32-35-30(7,8)31(9,10)36/h11,13-22,36H,3,5,12H2,1-2,4,6-10H3/b16-11-,24-14+,25-19+,28-18+,33-23?,34-29+. The van der Waals surface area contributed by atoms with E-state index in [9.17, 15) is 0 Å². The van der Waals surface area contributed by atoms with E-state index >= 15 is 0 Å². The van der Waals surface area contributed by atoms with Crippen LogP contribution in [0.1, 0.15) is 67.4 Å². The van der Waals surface area contributed by atoms with E-state index in [0.717, 1.165) is 40.0 Å². The molecule has 1 rings (SSSR count). The molecule has 36 heavy (non-hydrogen) atoms. The normalized spacial score (nSPS) is 14.9. The van der Waals surface area contributed by atoms with Crippen molar-refractivity contribution in [1.29, 1.82) is 0 Å². The summed E-state index contributed by atoms with van der Waals surface area (Å²) in [6.45, 7) is 24.1. The van der Waals surface area contributed by atoms with Gasteiger partial charge in [-0.05, 0) is 66.0 Å². The van der Waals surface area contributed by atoms with E-state index in [1.807, 2.05) is 97.0 Å². The van der Waals surface area contributed by atoms with E-state index in [2.05, 4.69) is 44.9 Å². The lowest BCUT2D eigenvalue weighted by molar-refractivity contribution is 0.0854. The Morgan fingerprint density at radius 1 is 1.08 bits per heavy atom. The third kappa shape index (κ3) is 9.44. The first-order chi connectivity index (χ1) is 16.9. The molecule has 1 aromatic rings. The molecule has 1 radical (unpaired) electrons. The van der Waals surface area contributed by atoms with Gasteiger partial charge in [0.1, 0.15) is 0 Å². The Morgan fingerprint density at radius 2 is 1.75 bits per heavy atom. The number of thiol groups is 1. The van der Waals surface area contributed by atoms with Crippen LogP contribution in [0, 0.1) is 0 Å². The second kappa shape index (κ2) is 14.8. The molecule has 0 bridgehead atoms. The Hall–Kier alpha value is -2.63. The minimum atomic E-state index is -0.441. The molecule has 0 amide bonds. The molecule has 3 nitrogen and oxygen atoms in total. The highest BCUT2D eigenvalue weighted by Crippen LogP contribution is 2.30. The molecule has 0 aliphatic heterocycles. The smallest absolute Gasteiger partial charge is 0.330 e. The molecule has 0 N–H and O–H groups in total. The van der Waals surface area contributed by atoms with Gasteiger partial charge in [-0.1, -0.05) is 92.3 Å². The van der Waals surface area contributed by atoms with Crippen molar-refractivity contribution in [1.82, 2.24) is 0 Å². The number of rotatable bonds is 12. The number of nitrogens with zero attached hydrogens (tertiary/aromatic N) is 2. The molecular weight excluding hydrogens is 459 g/mol. The molecule has 0 spiro atoms. The molecule has 0 atom stereocenters. The quantitative estimate of drug-likeness (QED) is 0.103. The van der Waals surface area contributed by atoms with Crippen LogP contribution in [0.15, 0.2) is 107 Å². The molecular formula is C31H42BN2OS. The average molecular weight is 502 g/mol. The van der Waals surface area contributed by atoms with E-state index in [0.29, 0.717) is 5.84 Å². The van der Waals surface area contributed by atoms with E-state index < -0.39 is 5.60 Å². The molecule has 1 aromatic carbocycles. The summed E-state index contributed by atoms with van der Waals surface area (Å²) in [4.78, 5) is 9.91. The summed E-state index contributed by atoms with van der Waals surface area (Å²) in [6, 6.07) is 8.11. The molecule has 0 aromatic heterocycles. The number of hydrogen-bond donors (Lipinski definition) is 1. The summed E-state index contributed by atoms with van der Waals surface area (Å²) in [6.07, 6.45) is 14.4. The summed E-state index contributed by atoms with van der Waals surface area (Å²) in [5, 5.41) is 0. The second-order valence-electron chi connectivity index (χ2n) is 9.36. The molecule has 5 heteroatoms. The predicted molar refractivity (Wildman–Crippen MR) is 165 cm³/mol. The van der Waals surface area contributed by atoms with Gasteiger partial charge in [-0.2, -0.15) is 12.6 Å². The first-order valence-corrected chi connectivity index (χ1v) is 12.8. The Morgan fingerprint density at radius 3 is 2.28 bits per heavy atom. The maximum atomic E-state index is 6.11. The van der Waals surface area contributed by atoms with Gasteiger partial charge in [-0.25, -0.2) is 9.98 Å². The first kappa shape index (κ1) is 31.4. The van der Waals surface area contributed by atoms with Crippen LogP contribution in [0.5, 0.6) is 0 Å². The van der Waals surface area contributed by atoms with Gasteiger partial charge in [-0.15, -0.1) is 0 Å². The summed E-state index contributed by atoms with van der Waals surface area (Å²) >= 11 is 4.69. The topological polar surface area (TPSA) is 34.0 Å². The Bertz CT molecular complexity index is 1100. The van der Waals surface area contributed by atoms with Crippen LogP contribution in [0.2, 0.25) is 0 Å². The highest BCUT2D eigenvalue weighted by Gasteiger charge is 2.34. The van der Waals surface area contributed by atoms with Crippen LogP contribution in [-0.2, 0) is 4.65 Å². The van der Waals surface area contributed by atoms with Crippen LogP contribution in [0.4, 0.5) is 0 Å². The number of allylic oxidation sites excluding steroid dienone is 6. The van der Waals surface area contributed by atoms with Crippen LogP contribution in [-0.4, -0.2) is 29.4 Å². The minimum absolute atomic E-state index is 0.300. The molecule has 0 saturated carbocycles. The lowest BCUT2D eigenvalue weighted by atomic mass is 9.83. The SMILES string of the molecule is C=CC(=C\C)/C(=C\CC)/N=C(N=C(C)c1cccc([B]OC(C)(C)C(C)(C)S)c1)\C(C=C)=C\C=C/C. The average Bonchev–Trinajstić information content (AvgIpc) is 2.83. The zero-order valence-electron chi connectivity index (χ0n) is 23.3. The minimum Gasteiger partial charge on any atom is -0.428 e. The van der Waals surface area contributed by atoms with Crippen molar-refractivity contribution in [3.05, 3.63) is 102 Å². The van der Waals surface area contributed by atoms with Crippen LogP contribution in [0.3, 0.4) is 0 Å². The fraction of sp³-hybridized carbons (Fsp3) is 0.355. The third-order valence-corrected chi connectivity index (χ3v) is 6.48. The van der Waals surface area contributed by atoms with Gasteiger partial charge in [0.05, 0.1) is 11.3 Å². The number of aliphatic imine (C=N–C) groups is 2. The van der Waals surface area contributed by atoms with Gasteiger partial charge < -0.3 is 4.65 Å². The van der Waals surface area contributed by atoms with Gasteiger partial charge in [0.2, 0.25) is 0 Å². The van der Waals surface area contributed by atoms with Gasteiger partial charge in [0.25, 0.3) is 0 Å². The third-order valence-electron chi connectivity index (χ3n) is 5.94. The number of hydrogen-bond acceptors (Lipinski definition) is 3. The van der Waals surface area contributed by atoms with E-state index in [1.54, 1.807) is 13.6 Å². The Balaban J connectivity index is 3.53. The van der Waals surface area contributed by atoms with Crippen LogP contribution in [0.25, 0.3) is 0 Å². The van der Waals surface area contributed by atoms with Crippen molar-refractivity contribution >= 4 is 37.1 Å². The predicted octanol–water partition coefficient (Wildman–Crippen LogP) is 7.76. The molecule has 191 valence electrons. The van der Waals surface area contributed by atoms with Crippen molar-refractivity contribution < 1.29 is 4.65 Å². The summed E-state index contributed by atoms with van der Waals surface area (Å²) in [5.74, 6) is 0.588. The fourth-order valence-electron chi connectivity index (χ4n) is 2.91. The maximum absolute atomic E-state index is 6.11. The van der Waals surface area contributed by atoms with Gasteiger partial charge in [0.15, 0.2) is 5.84 Å². The Labute approximate surface area is 225 Å². The number of amidine groups is 1. The summed E-state index contributed by atoms with van der Waals surface area (Å²) in [5.41, 5.74) is 4.95. The molecule has 0 saturated heterocycles. The molecule has 0 unspecified atom stereocenters. The van der Waals surface area contributed by atoms with Gasteiger partial charge in [0, 0.05) is 16.0 Å². The molecule has 0 aliphatic rings. The van der Waals surface area contributed by atoms with Crippen molar-refractivity contribution in [2.45, 2.75) is 72.2 Å². The van der Waals surface area contributed by atoms with Crippen LogP contribution < -0.4 is 5.46 Å². The summed E-state index contributed by atoms with van der Waals surface area (Å²) in [7, 11) is 1.79. The maximum Gasteiger partial charge on any atom is 0.330 e. The fourth-order valence-corrected chi connectivity index (χ4v) is 2.97. The zero-order valence-corrected chi connectivity index (χ0v) is 24.2. The van der Waals surface area contributed by atoms with Gasteiger partial charge >= 0.3 is 7.48 Å². The first-order valence-electron chi connectivity index (χ1n) is 12.4. The zero-order chi connectivity index (χ0) is 27.4. The lowest BCUT2D eigenvalue weighted by Gasteiger charge is -2.38. The Kier molecular flexibility index (Phi) is 12.9. The van der Waals surface area contributed by atoms with E-state index in [4.69, 9.17) is 14.6 Å². The lowest BCUT2D eigenvalue weighted by Crippen LogP contribution is -2.45. The van der Waals surface area contributed by atoms with E-state index in [1.165, 1.54) is 0 Å². The van der Waals surface area contributed by atoms with Crippen molar-refractivity contribution in [2.75, 3.05) is 0 Å². The number of benzene rings is 1. The highest BCUT2D eigenvalue weighted by atomic mass is 32.1. The van der Waals surface area contributed by atoms with Crippen molar-refractivity contribution in [3.63, 3.8) is 0 Å². The second-order valence-corrected chi connectivity index (χ2v) is 10.5. The van der Waals surface area contributed by atoms with E-state index in [-0.39, 0.29) is 4.75 Å². The van der Waals surface area contributed by atoms with Crippen molar-refractivity contribution in [3.8, 4) is 0 Å². The highest BCUT2D eigenvalue weighted by molar-refractivity contribution is 7.81. The molecule has 0 fully saturated rings. The molecule has 0 aliphatic carbocycles. The van der Waals surface area contributed by atoms with Crippen LogP contribution >= 0.6 is 12.6 Å². The monoisotopic (exact) mass is 501 g/mol. The van der Waals surface area contributed by atoms with Crippen molar-refractivity contribution in [2.24, 2.45) is 9.98 Å². The molecule has 0 heterocycles. The van der Waals surface area contributed by atoms with Gasteiger partial charge in [-0.3, -0.25) is 0 Å². The largest absolute Gasteiger partial charge is 0.428 e.